The molecule has 0 spiro atoms. The van der Waals surface area contributed by atoms with E-state index in [0.717, 1.165) is 17.6 Å². The van der Waals surface area contributed by atoms with Crippen molar-refractivity contribution in [3.63, 3.8) is 0 Å². The molecule has 1 heterocycles. The number of aryl methyl sites for hydroxylation is 1. The van der Waals surface area contributed by atoms with Crippen LogP contribution in [0.15, 0.2) is 12.3 Å². The summed E-state index contributed by atoms with van der Waals surface area (Å²) in [6.45, 7) is 4.13. The molecular formula is C11H17N3. The van der Waals surface area contributed by atoms with Crippen molar-refractivity contribution in [1.29, 1.82) is 0 Å². The van der Waals surface area contributed by atoms with E-state index in [1.807, 2.05) is 13.0 Å². The lowest BCUT2D eigenvalue weighted by atomic mass is 10.1. The van der Waals surface area contributed by atoms with Gasteiger partial charge in [0.1, 0.15) is 11.6 Å². The second-order valence-electron chi connectivity index (χ2n) is 4.21. The van der Waals surface area contributed by atoms with Gasteiger partial charge in [-0.05, 0) is 32.3 Å². The molecule has 0 aromatic carbocycles. The number of nitrogens with zero attached hydrogens (tertiary/aromatic N) is 2. The van der Waals surface area contributed by atoms with Crippen molar-refractivity contribution in [2.45, 2.75) is 39.2 Å². The first-order valence-electron chi connectivity index (χ1n) is 5.30. The molecule has 3 nitrogen and oxygen atoms in total. The topological polar surface area (TPSA) is 37.8 Å². The standard InChI is InChI=1S/C11H17N3/c1-8(7-10-3-4-10)13-11-5-6-12-9(2)14-11/h5-6,8,10H,3-4,7H2,1-2H3,(H,12,13,14). The van der Waals surface area contributed by atoms with Crippen LogP contribution in [0.3, 0.4) is 0 Å². The highest BCUT2D eigenvalue weighted by Gasteiger charge is 2.23. The molecule has 1 aromatic heterocycles. The Morgan fingerprint density at radius 2 is 2.36 bits per heavy atom. The summed E-state index contributed by atoms with van der Waals surface area (Å²) >= 11 is 0. The van der Waals surface area contributed by atoms with E-state index in [0.29, 0.717) is 6.04 Å². The first-order valence-corrected chi connectivity index (χ1v) is 5.30. The number of hydrogen-bond donors (Lipinski definition) is 1. The van der Waals surface area contributed by atoms with Crippen molar-refractivity contribution in [2.75, 3.05) is 5.32 Å². The van der Waals surface area contributed by atoms with Crippen LogP contribution in [0.25, 0.3) is 0 Å². The zero-order valence-electron chi connectivity index (χ0n) is 8.83. The van der Waals surface area contributed by atoms with Crippen molar-refractivity contribution in [1.82, 2.24) is 9.97 Å². The third-order valence-electron chi connectivity index (χ3n) is 2.55. The third-order valence-corrected chi connectivity index (χ3v) is 2.55. The maximum Gasteiger partial charge on any atom is 0.129 e. The van der Waals surface area contributed by atoms with Crippen molar-refractivity contribution in [2.24, 2.45) is 5.92 Å². The Kier molecular flexibility index (Phi) is 2.66. The highest BCUT2D eigenvalue weighted by atomic mass is 15.0. The van der Waals surface area contributed by atoms with E-state index >= 15 is 0 Å². The van der Waals surface area contributed by atoms with Crippen LogP contribution in [0.2, 0.25) is 0 Å². The van der Waals surface area contributed by atoms with Gasteiger partial charge in [0, 0.05) is 12.2 Å². The van der Waals surface area contributed by atoms with Gasteiger partial charge in [0.05, 0.1) is 0 Å². The Labute approximate surface area is 85.0 Å². The number of rotatable bonds is 4. The summed E-state index contributed by atoms with van der Waals surface area (Å²) in [5.74, 6) is 2.74. The van der Waals surface area contributed by atoms with Gasteiger partial charge >= 0.3 is 0 Å². The van der Waals surface area contributed by atoms with E-state index < -0.39 is 0 Å². The second-order valence-corrected chi connectivity index (χ2v) is 4.21. The van der Waals surface area contributed by atoms with Crippen molar-refractivity contribution in [3.05, 3.63) is 18.1 Å². The molecule has 1 aliphatic rings. The highest BCUT2D eigenvalue weighted by Crippen LogP contribution is 2.33. The molecular weight excluding hydrogens is 174 g/mol. The van der Waals surface area contributed by atoms with Gasteiger partial charge in [-0.1, -0.05) is 12.8 Å². The Bertz CT molecular complexity index is 307. The van der Waals surface area contributed by atoms with Crippen LogP contribution in [0.4, 0.5) is 5.82 Å². The summed E-state index contributed by atoms with van der Waals surface area (Å²) in [7, 11) is 0. The maximum atomic E-state index is 4.32. The molecule has 1 unspecified atom stereocenters. The predicted molar refractivity (Wildman–Crippen MR) is 57.2 cm³/mol. The van der Waals surface area contributed by atoms with Crippen LogP contribution in [0, 0.1) is 12.8 Å². The second kappa shape index (κ2) is 3.95. The average molecular weight is 191 g/mol. The molecule has 1 aliphatic carbocycles. The fourth-order valence-electron chi connectivity index (χ4n) is 1.70. The molecule has 2 rings (SSSR count). The van der Waals surface area contributed by atoms with Gasteiger partial charge in [0.2, 0.25) is 0 Å². The van der Waals surface area contributed by atoms with Crippen molar-refractivity contribution < 1.29 is 0 Å². The summed E-state index contributed by atoms with van der Waals surface area (Å²) < 4.78 is 0. The Morgan fingerprint density at radius 3 is 3.00 bits per heavy atom. The van der Waals surface area contributed by atoms with Gasteiger partial charge in [-0.25, -0.2) is 9.97 Å². The third kappa shape index (κ3) is 2.69. The van der Waals surface area contributed by atoms with E-state index in [1.54, 1.807) is 6.20 Å². The molecule has 0 saturated heterocycles. The lowest BCUT2D eigenvalue weighted by molar-refractivity contribution is 0.639. The highest BCUT2D eigenvalue weighted by molar-refractivity contribution is 5.33. The molecule has 0 amide bonds. The summed E-state index contributed by atoms with van der Waals surface area (Å²) in [4.78, 5) is 8.39. The van der Waals surface area contributed by atoms with E-state index in [-0.39, 0.29) is 0 Å². The van der Waals surface area contributed by atoms with Crippen LogP contribution in [0.5, 0.6) is 0 Å². The first kappa shape index (κ1) is 9.44. The fourth-order valence-corrected chi connectivity index (χ4v) is 1.70. The molecule has 1 saturated carbocycles. The normalized spacial score (nSPS) is 17.9. The van der Waals surface area contributed by atoms with Crippen LogP contribution in [0.1, 0.15) is 32.0 Å². The Hall–Kier alpha value is -1.12. The fraction of sp³-hybridized carbons (Fsp3) is 0.636. The monoisotopic (exact) mass is 191 g/mol. The predicted octanol–water partition coefficient (Wildman–Crippen LogP) is 2.39. The molecule has 1 aromatic rings. The summed E-state index contributed by atoms with van der Waals surface area (Å²) in [5.41, 5.74) is 0. The van der Waals surface area contributed by atoms with Crippen LogP contribution in [-0.4, -0.2) is 16.0 Å². The zero-order valence-corrected chi connectivity index (χ0v) is 8.83. The van der Waals surface area contributed by atoms with Crippen LogP contribution < -0.4 is 5.32 Å². The van der Waals surface area contributed by atoms with Gasteiger partial charge in [0.25, 0.3) is 0 Å². The Balaban J connectivity index is 1.88. The van der Waals surface area contributed by atoms with E-state index in [2.05, 4.69) is 22.2 Å². The first-order chi connectivity index (χ1) is 6.74. The van der Waals surface area contributed by atoms with Gasteiger partial charge < -0.3 is 5.32 Å². The molecule has 3 heteroatoms. The van der Waals surface area contributed by atoms with Crippen molar-refractivity contribution in [3.8, 4) is 0 Å². The molecule has 1 N–H and O–H groups in total. The number of hydrogen-bond acceptors (Lipinski definition) is 3. The van der Waals surface area contributed by atoms with E-state index in [4.69, 9.17) is 0 Å². The smallest absolute Gasteiger partial charge is 0.129 e. The lowest BCUT2D eigenvalue weighted by Crippen LogP contribution is -2.16. The van der Waals surface area contributed by atoms with Gasteiger partial charge in [-0.2, -0.15) is 0 Å². The quantitative estimate of drug-likeness (QED) is 0.794. The van der Waals surface area contributed by atoms with Gasteiger partial charge in [0.15, 0.2) is 0 Å². The SMILES string of the molecule is Cc1nccc(NC(C)CC2CC2)n1. The van der Waals surface area contributed by atoms with Gasteiger partial charge in [-0.15, -0.1) is 0 Å². The molecule has 0 aliphatic heterocycles. The Morgan fingerprint density at radius 1 is 1.57 bits per heavy atom. The molecule has 76 valence electrons. The van der Waals surface area contributed by atoms with Gasteiger partial charge in [-0.3, -0.25) is 0 Å². The molecule has 14 heavy (non-hydrogen) atoms. The molecule has 1 atom stereocenters. The van der Waals surface area contributed by atoms with E-state index in [1.165, 1.54) is 19.3 Å². The molecule has 0 bridgehead atoms. The van der Waals surface area contributed by atoms with Crippen LogP contribution >= 0.6 is 0 Å². The summed E-state index contributed by atoms with van der Waals surface area (Å²) in [6, 6.07) is 2.45. The van der Waals surface area contributed by atoms with Crippen molar-refractivity contribution >= 4 is 5.82 Å². The molecule has 1 fully saturated rings. The summed E-state index contributed by atoms with van der Waals surface area (Å²) in [6.07, 6.45) is 5.89. The minimum absolute atomic E-state index is 0.525. The number of nitrogens with one attached hydrogen (secondary N) is 1. The molecule has 0 radical (unpaired) electrons. The lowest BCUT2D eigenvalue weighted by Gasteiger charge is -2.13. The largest absolute Gasteiger partial charge is 0.368 e. The minimum atomic E-state index is 0.525. The number of aromatic nitrogens is 2. The zero-order chi connectivity index (χ0) is 9.97. The maximum absolute atomic E-state index is 4.32. The average Bonchev–Trinajstić information content (AvgIpc) is 2.87. The van der Waals surface area contributed by atoms with E-state index in [9.17, 15) is 0 Å². The minimum Gasteiger partial charge on any atom is -0.368 e. The number of anilines is 1. The summed E-state index contributed by atoms with van der Waals surface area (Å²) in [5, 5.41) is 3.40. The van der Waals surface area contributed by atoms with Crippen LogP contribution in [-0.2, 0) is 0 Å².